The van der Waals surface area contributed by atoms with E-state index in [9.17, 15) is 4.79 Å². The first-order valence-electron chi connectivity index (χ1n) is 7.27. The van der Waals surface area contributed by atoms with Crippen LogP contribution in [0, 0.1) is 6.92 Å². The van der Waals surface area contributed by atoms with Crippen molar-refractivity contribution in [2.75, 3.05) is 38.5 Å². The third-order valence-electron chi connectivity index (χ3n) is 3.55. The Bertz CT molecular complexity index is 689. The van der Waals surface area contributed by atoms with Gasteiger partial charge in [0.05, 0.1) is 14.2 Å². The van der Waals surface area contributed by atoms with Gasteiger partial charge in [0.2, 0.25) is 0 Å². The molecule has 2 rings (SSSR count). The number of nitrogens with one attached hydrogen (secondary N) is 1. The maximum absolute atomic E-state index is 12.4. The highest BCUT2D eigenvalue weighted by atomic mass is 16.5. The van der Waals surface area contributed by atoms with Crippen LogP contribution in [0.25, 0.3) is 0 Å². The maximum atomic E-state index is 12.4. The summed E-state index contributed by atoms with van der Waals surface area (Å²) < 4.78 is 10.4. The molecule has 5 nitrogen and oxygen atoms in total. The molecule has 5 heteroatoms. The zero-order valence-corrected chi connectivity index (χ0v) is 14.1. The van der Waals surface area contributed by atoms with E-state index in [0.717, 1.165) is 11.3 Å². The molecule has 1 amide bonds. The lowest BCUT2D eigenvalue weighted by molar-refractivity contribution is 0.102. The number of ether oxygens (including phenoxy) is 2. The van der Waals surface area contributed by atoms with Crippen molar-refractivity contribution in [3.05, 3.63) is 47.5 Å². The Kier molecular flexibility index (Phi) is 5.11. The molecule has 0 unspecified atom stereocenters. The third-order valence-corrected chi connectivity index (χ3v) is 3.55. The normalized spacial score (nSPS) is 10.1. The molecular formula is C18H22N2O3. The summed E-state index contributed by atoms with van der Waals surface area (Å²) >= 11 is 0. The molecule has 0 aliphatic carbocycles. The van der Waals surface area contributed by atoms with Crippen LogP contribution in [0.2, 0.25) is 0 Å². The number of benzene rings is 2. The second kappa shape index (κ2) is 7.05. The van der Waals surface area contributed by atoms with Gasteiger partial charge in [0.1, 0.15) is 11.5 Å². The van der Waals surface area contributed by atoms with E-state index in [0.29, 0.717) is 22.7 Å². The molecule has 2 aromatic carbocycles. The topological polar surface area (TPSA) is 50.8 Å². The number of hydrogen-bond acceptors (Lipinski definition) is 4. The molecule has 1 N–H and O–H groups in total. The lowest BCUT2D eigenvalue weighted by Gasteiger charge is -2.16. The van der Waals surface area contributed by atoms with Crippen molar-refractivity contribution >= 4 is 17.3 Å². The molecule has 0 bridgehead atoms. The molecule has 122 valence electrons. The van der Waals surface area contributed by atoms with E-state index < -0.39 is 0 Å². The number of aryl methyl sites for hydroxylation is 1. The molecule has 0 aromatic heterocycles. The van der Waals surface area contributed by atoms with E-state index in [1.165, 1.54) is 0 Å². The minimum absolute atomic E-state index is 0.172. The maximum Gasteiger partial charge on any atom is 0.255 e. The average molecular weight is 314 g/mol. The molecule has 0 aliphatic rings. The smallest absolute Gasteiger partial charge is 0.255 e. The summed E-state index contributed by atoms with van der Waals surface area (Å²) in [5, 5.41) is 2.87. The van der Waals surface area contributed by atoms with Crippen LogP contribution in [-0.2, 0) is 0 Å². The number of hydrogen-bond donors (Lipinski definition) is 1. The van der Waals surface area contributed by atoms with Crippen LogP contribution in [0.3, 0.4) is 0 Å². The number of carbonyl (C=O) groups is 1. The van der Waals surface area contributed by atoms with Gasteiger partial charge in [-0.3, -0.25) is 4.79 Å². The first-order chi connectivity index (χ1) is 10.9. The number of anilines is 2. The molecular weight excluding hydrogens is 292 g/mol. The van der Waals surface area contributed by atoms with Crippen LogP contribution in [0.5, 0.6) is 11.5 Å². The summed E-state index contributed by atoms with van der Waals surface area (Å²) in [6.45, 7) is 1.99. The third kappa shape index (κ3) is 3.94. The van der Waals surface area contributed by atoms with Crippen molar-refractivity contribution < 1.29 is 14.3 Å². The van der Waals surface area contributed by atoms with Crippen LogP contribution in [0.1, 0.15) is 15.9 Å². The number of carbonyl (C=O) groups excluding carboxylic acids is 1. The largest absolute Gasteiger partial charge is 0.497 e. The van der Waals surface area contributed by atoms with Crippen LogP contribution in [-0.4, -0.2) is 34.2 Å². The van der Waals surface area contributed by atoms with Crippen LogP contribution >= 0.6 is 0 Å². The first-order valence-corrected chi connectivity index (χ1v) is 7.27. The molecule has 2 aromatic rings. The lowest BCUT2D eigenvalue weighted by Crippen LogP contribution is -2.14. The van der Waals surface area contributed by atoms with Gasteiger partial charge in [0.25, 0.3) is 5.91 Å². The average Bonchev–Trinajstić information content (AvgIpc) is 2.53. The first kappa shape index (κ1) is 16.7. The Labute approximate surface area is 136 Å². The van der Waals surface area contributed by atoms with Crippen molar-refractivity contribution in [1.29, 1.82) is 0 Å². The fourth-order valence-corrected chi connectivity index (χ4v) is 2.38. The second-order valence-corrected chi connectivity index (χ2v) is 5.45. The predicted molar refractivity (Wildman–Crippen MR) is 93.0 cm³/mol. The zero-order chi connectivity index (χ0) is 17.0. The van der Waals surface area contributed by atoms with Gasteiger partial charge in [-0.2, -0.15) is 0 Å². The van der Waals surface area contributed by atoms with E-state index in [4.69, 9.17) is 9.47 Å². The summed E-state index contributed by atoms with van der Waals surface area (Å²) in [6, 6.07) is 10.9. The second-order valence-electron chi connectivity index (χ2n) is 5.45. The van der Waals surface area contributed by atoms with E-state index in [2.05, 4.69) is 5.32 Å². The van der Waals surface area contributed by atoms with E-state index in [1.807, 2.05) is 44.1 Å². The Hall–Kier alpha value is -2.69. The van der Waals surface area contributed by atoms with Gasteiger partial charge < -0.3 is 19.7 Å². The number of nitrogens with zero attached hydrogens (tertiary/aromatic N) is 1. The van der Waals surface area contributed by atoms with Crippen molar-refractivity contribution in [1.82, 2.24) is 0 Å². The minimum Gasteiger partial charge on any atom is -0.497 e. The molecule has 0 saturated heterocycles. The Morgan fingerprint density at radius 2 is 1.61 bits per heavy atom. The molecule has 0 fully saturated rings. The monoisotopic (exact) mass is 314 g/mol. The van der Waals surface area contributed by atoms with Gasteiger partial charge in [-0.15, -0.1) is 0 Å². The highest BCUT2D eigenvalue weighted by Gasteiger charge is 2.10. The fourth-order valence-electron chi connectivity index (χ4n) is 2.38. The molecule has 0 radical (unpaired) electrons. The van der Waals surface area contributed by atoms with Gasteiger partial charge >= 0.3 is 0 Å². The number of rotatable bonds is 5. The molecule has 23 heavy (non-hydrogen) atoms. The standard InChI is InChI=1S/C18H22N2O3/c1-12-8-13(6-7-17(12)20(2)3)18(21)19-14-9-15(22-4)11-16(10-14)23-5/h6-11H,1-5H3,(H,19,21). The highest BCUT2D eigenvalue weighted by molar-refractivity contribution is 6.04. The summed E-state index contributed by atoms with van der Waals surface area (Å²) in [7, 11) is 7.10. The van der Waals surface area contributed by atoms with Crippen molar-refractivity contribution in [3.63, 3.8) is 0 Å². The van der Waals surface area contributed by atoms with Gasteiger partial charge in [0.15, 0.2) is 0 Å². The number of amides is 1. The predicted octanol–water partition coefficient (Wildman–Crippen LogP) is 3.33. The van der Waals surface area contributed by atoms with Crippen LogP contribution in [0.4, 0.5) is 11.4 Å². The molecule has 0 saturated carbocycles. The Balaban J connectivity index is 2.23. The van der Waals surface area contributed by atoms with E-state index >= 15 is 0 Å². The number of methoxy groups -OCH3 is 2. The summed E-state index contributed by atoms with van der Waals surface area (Å²) in [4.78, 5) is 14.5. The quantitative estimate of drug-likeness (QED) is 0.920. The highest BCUT2D eigenvalue weighted by Crippen LogP contribution is 2.26. The summed E-state index contributed by atoms with van der Waals surface area (Å²) in [6.07, 6.45) is 0. The van der Waals surface area contributed by atoms with Crippen molar-refractivity contribution in [2.24, 2.45) is 0 Å². The van der Waals surface area contributed by atoms with E-state index in [1.54, 1.807) is 32.4 Å². The van der Waals surface area contributed by atoms with Crippen LogP contribution in [0.15, 0.2) is 36.4 Å². The van der Waals surface area contributed by atoms with E-state index in [-0.39, 0.29) is 5.91 Å². The lowest BCUT2D eigenvalue weighted by atomic mass is 10.1. The summed E-state index contributed by atoms with van der Waals surface area (Å²) in [5.41, 5.74) is 3.37. The molecule has 0 spiro atoms. The van der Waals surface area contributed by atoms with Gasteiger partial charge in [-0.25, -0.2) is 0 Å². The Morgan fingerprint density at radius 3 is 2.09 bits per heavy atom. The molecule has 0 atom stereocenters. The minimum atomic E-state index is -0.172. The summed E-state index contributed by atoms with van der Waals surface area (Å²) in [5.74, 6) is 1.08. The SMILES string of the molecule is COc1cc(NC(=O)c2ccc(N(C)C)c(C)c2)cc(OC)c1. The Morgan fingerprint density at radius 1 is 1.00 bits per heavy atom. The molecule has 0 heterocycles. The fraction of sp³-hybridized carbons (Fsp3) is 0.278. The molecule has 0 aliphatic heterocycles. The van der Waals surface area contributed by atoms with Crippen LogP contribution < -0.4 is 19.7 Å². The zero-order valence-electron chi connectivity index (χ0n) is 14.1. The van der Waals surface area contributed by atoms with Gasteiger partial charge in [-0.1, -0.05) is 0 Å². The van der Waals surface area contributed by atoms with Gasteiger partial charge in [0, 0.05) is 49.2 Å². The van der Waals surface area contributed by atoms with Crippen molar-refractivity contribution in [2.45, 2.75) is 6.92 Å². The van der Waals surface area contributed by atoms with Gasteiger partial charge in [-0.05, 0) is 30.7 Å². The van der Waals surface area contributed by atoms with Crippen molar-refractivity contribution in [3.8, 4) is 11.5 Å².